The maximum atomic E-state index is 5.62. The van der Waals surface area contributed by atoms with Gasteiger partial charge in [-0.05, 0) is 37.3 Å². The summed E-state index contributed by atoms with van der Waals surface area (Å²) in [5, 5.41) is 3.38. The molecule has 0 amide bonds. The van der Waals surface area contributed by atoms with Gasteiger partial charge in [-0.15, -0.1) is 0 Å². The molecule has 0 aliphatic heterocycles. The van der Waals surface area contributed by atoms with Crippen molar-refractivity contribution in [1.29, 1.82) is 0 Å². The SMILES string of the molecule is Cn1c(NCCCOCC2CC2)nc2ccccc21. The Morgan fingerprint density at radius 1 is 1.37 bits per heavy atom. The van der Waals surface area contributed by atoms with Crippen LogP contribution in [-0.2, 0) is 11.8 Å². The molecule has 0 unspecified atom stereocenters. The standard InChI is InChI=1S/C15H21N3O/c1-18-14-6-3-2-5-13(14)17-15(18)16-9-4-10-19-11-12-7-8-12/h2-3,5-6,12H,4,7-11H2,1H3,(H,16,17). The number of benzene rings is 1. The van der Waals surface area contributed by atoms with Gasteiger partial charge in [0.2, 0.25) is 5.95 Å². The summed E-state index contributed by atoms with van der Waals surface area (Å²) >= 11 is 0. The number of nitrogens with one attached hydrogen (secondary N) is 1. The molecule has 1 aromatic heterocycles. The van der Waals surface area contributed by atoms with Crippen LogP contribution in [0.4, 0.5) is 5.95 Å². The molecule has 0 saturated heterocycles. The largest absolute Gasteiger partial charge is 0.381 e. The highest BCUT2D eigenvalue weighted by Crippen LogP contribution is 2.28. The first kappa shape index (κ1) is 12.5. The number of anilines is 1. The van der Waals surface area contributed by atoms with Gasteiger partial charge in [-0.2, -0.15) is 0 Å². The van der Waals surface area contributed by atoms with Crippen molar-refractivity contribution in [2.75, 3.05) is 25.1 Å². The van der Waals surface area contributed by atoms with Crippen LogP contribution in [0.3, 0.4) is 0 Å². The predicted octanol–water partition coefficient (Wildman–Crippen LogP) is 2.80. The molecule has 0 bridgehead atoms. The van der Waals surface area contributed by atoms with Gasteiger partial charge in [-0.3, -0.25) is 0 Å². The minimum atomic E-state index is 0.841. The van der Waals surface area contributed by atoms with Crippen molar-refractivity contribution in [3.63, 3.8) is 0 Å². The van der Waals surface area contributed by atoms with E-state index < -0.39 is 0 Å². The molecule has 19 heavy (non-hydrogen) atoms. The minimum Gasteiger partial charge on any atom is -0.381 e. The number of aryl methyl sites for hydroxylation is 1. The van der Waals surface area contributed by atoms with E-state index in [9.17, 15) is 0 Å². The molecule has 1 saturated carbocycles. The van der Waals surface area contributed by atoms with Gasteiger partial charge in [0.15, 0.2) is 0 Å². The highest BCUT2D eigenvalue weighted by Gasteiger charge is 2.20. The molecule has 1 aliphatic rings. The summed E-state index contributed by atoms with van der Waals surface area (Å²) in [5.74, 6) is 1.79. The van der Waals surface area contributed by atoms with Gasteiger partial charge in [0.05, 0.1) is 11.0 Å². The smallest absolute Gasteiger partial charge is 0.203 e. The lowest BCUT2D eigenvalue weighted by atomic mass is 10.3. The van der Waals surface area contributed by atoms with Gasteiger partial charge in [0.25, 0.3) is 0 Å². The lowest BCUT2D eigenvalue weighted by molar-refractivity contribution is 0.124. The molecule has 0 radical (unpaired) electrons. The third-order valence-electron chi connectivity index (χ3n) is 3.59. The zero-order valence-corrected chi connectivity index (χ0v) is 11.4. The summed E-state index contributed by atoms with van der Waals surface area (Å²) in [4.78, 5) is 4.58. The van der Waals surface area contributed by atoms with Crippen molar-refractivity contribution in [3.8, 4) is 0 Å². The molecular formula is C15H21N3O. The fourth-order valence-corrected chi connectivity index (χ4v) is 2.21. The topological polar surface area (TPSA) is 39.1 Å². The molecule has 2 aromatic rings. The van der Waals surface area contributed by atoms with Crippen molar-refractivity contribution >= 4 is 17.0 Å². The van der Waals surface area contributed by atoms with Crippen LogP contribution in [0.5, 0.6) is 0 Å². The number of rotatable bonds is 7. The third-order valence-corrected chi connectivity index (χ3v) is 3.59. The zero-order chi connectivity index (χ0) is 13.1. The van der Waals surface area contributed by atoms with Gasteiger partial charge >= 0.3 is 0 Å². The monoisotopic (exact) mass is 259 g/mol. The fraction of sp³-hybridized carbons (Fsp3) is 0.533. The molecule has 0 spiro atoms. The summed E-state index contributed by atoms with van der Waals surface area (Å²) in [6.07, 6.45) is 3.74. The number of fused-ring (bicyclic) bond motifs is 1. The summed E-state index contributed by atoms with van der Waals surface area (Å²) in [5.41, 5.74) is 2.20. The first-order chi connectivity index (χ1) is 9.34. The Bertz CT molecular complexity index is 545. The van der Waals surface area contributed by atoms with Crippen LogP contribution in [0.2, 0.25) is 0 Å². The van der Waals surface area contributed by atoms with Crippen molar-refractivity contribution in [1.82, 2.24) is 9.55 Å². The van der Waals surface area contributed by atoms with E-state index >= 15 is 0 Å². The van der Waals surface area contributed by atoms with E-state index in [1.54, 1.807) is 0 Å². The van der Waals surface area contributed by atoms with E-state index in [1.807, 2.05) is 25.2 Å². The van der Waals surface area contributed by atoms with Crippen molar-refractivity contribution in [2.45, 2.75) is 19.3 Å². The number of hydrogen-bond donors (Lipinski definition) is 1. The Labute approximate surface area is 113 Å². The number of imidazole rings is 1. The average molecular weight is 259 g/mol. The molecule has 4 heteroatoms. The highest BCUT2D eigenvalue weighted by molar-refractivity contribution is 5.78. The van der Waals surface area contributed by atoms with Crippen LogP contribution >= 0.6 is 0 Å². The lowest BCUT2D eigenvalue weighted by Crippen LogP contribution is -2.09. The van der Waals surface area contributed by atoms with E-state index in [0.717, 1.165) is 49.1 Å². The fourth-order valence-electron chi connectivity index (χ4n) is 2.21. The van der Waals surface area contributed by atoms with E-state index in [2.05, 4.69) is 20.9 Å². The summed E-state index contributed by atoms with van der Waals surface area (Å²) < 4.78 is 7.72. The first-order valence-corrected chi connectivity index (χ1v) is 7.07. The first-order valence-electron chi connectivity index (χ1n) is 7.07. The van der Waals surface area contributed by atoms with Crippen LogP contribution in [0.25, 0.3) is 11.0 Å². The molecule has 102 valence electrons. The van der Waals surface area contributed by atoms with E-state index in [0.29, 0.717) is 0 Å². The Morgan fingerprint density at radius 3 is 3.00 bits per heavy atom. The Morgan fingerprint density at radius 2 is 2.21 bits per heavy atom. The number of aromatic nitrogens is 2. The van der Waals surface area contributed by atoms with Gasteiger partial charge in [-0.1, -0.05) is 12.1 Å². The Kier molecular flexibility index (Phi) is 3.69. The van der Waals surface area contributed by atoms with Gasteiger partial charge < -0.3 is 14.6 Å². The number of ether oxygens (including phenoxy) is 1. The van der Waals surface area contributed by atoms with E-state index in [4.69, 9.17) is 4.74 Å². The number of para-hydroxylation sites is 2. The number of nitrogens with zero attached hydrogens (tertiary/aromatic N) is 2. The summed E-state index contributed by atoms with van der Waals surface area (Å²) in [6, 6.07) is 8.19. The van der Waals surface area contributed by atoms with Gasteiger partial charge in [0.1, 0.15) is 0 Å². The Balaban J connectivity index is 1.46. The van der Waals surface area contributed by atoms with Crippen molar-refractivity contribution in [3.05, 3.63) is 24.3 Å². The predicted molar refractivity (Wildman–Crippen MR) is 77.4 cm³/mol. The summed E-state index contributed by atoms with van der Waals surface area (Å²) in [7, 11) is 2.04. The lowest BCUT2D eigenvalue weighted by Gasteiger charge is -2.06. The molecule has 1 aromatic carbocycles. The molecule has 0 atom stereocenters. The Hall–Kier alpha value is -1.55. The van der Waals surface area contributed by atoms with Crippen LogP contribution in [0, 0.1) is 5.92 Å². The molecule has 1 fully saturated rings. The van der Waals surface area contributed by atoms with Crippen LogP contribution in [0.15, 0.2) is 24.3 Å². The normalized spacial score (nSPS) is 15.0. The second-order valence-corrected chi connectivity index (χ2v) is 5.28. The zero-order valence-electron chi connectivity index (χ0n) is 11.4. The van der Waals surface area contributed by atoms with Gasteiger partial charge in [0, 0.05) is 26.8 Å². The highest BCUT2D eigenvalue weighted by atomic mass is 16.5. The van der Waals surface area contributed by atoms with E-state index in [1.165, 1.54) is 12.8 Å². The second-order valence-electron chi connectivity index (χ2n) is 5.28. The van der Waals surface area contributed by atoms with Crippen LogP contribution < -0.4 is 5.32 Å². The molecule has 1 heterocycles. The van der Waals surface area contributed by atoms with Gasteiger partial charge in [-0.25, -0.2) is 4.98 Å². The van der Waals surface area contributed by atoms with Crippen LogP contribution in [-0.4, -0.2) is 29.3 Å². The molecule has 1 N–H and O–H groups in total. The van der Waals surface area contributed by atoms with E-state index in [-0.39, 0.29) is 0 Å². The molecule has 3 rings (SSSR count). The second kappa shape index (κ2) is 5.61. The molecular weight excluding hydrogens is 238 g/mol. The quantitative estimate of drug-likeness (QED) is 0.777. The minimum absolute atomic E-state index is 0.841. The summed E-state index contributed by atoms with van der Waals surface area (Å²) in [6.45, 7) is 2.70. The van der Waals surface area contributed by atoms with Crippen molar-refractivity contribution < 1.29 is 4.74 Å². The maximum absolute atomic E-state index is 5.62. The average Bonchev–Trinajstić information content (AvgIpc) is 3.20. The molecule has 1 aliphatic carbocycles. The number of hydrogen-bond acceptors (Lipinski definition) is 3. The maximum Gasteiger partial charge on any atom is 0.203 e. The van der Waals surface area contributed by atoms with Crippen molar-refractivity contribution in [2.24, 2.45) is 13.0 Å². The van der Waals surface area contributed by atoms with Crippen LogP contribution in [0.1, 0.15) is 19.3 Å². The molecule has 4 nitrogen and oxygen atoms in total. The third kappa shape index (κ3) is 3.07.